The molecule has 92 valence electrons. The lowest BCUT2D eigenvalue weighted by molar-refractivity contribution is -0.158. The van der Waals surface area contributed by atoms with Gasteiger partial charge in [-0.05, 0) is 12.3 Å². The first-order valence-corrected chi connectivity index (χ1v) is 9.27. The van der Waals surface area contributed by atoms with Crippen molar-refractivity contribution in [3.8, 4) is 0 Å². The van der Waals surface area contributed by atoms with Crippen molar-refractivity contribution in [1.82, 2.24) is 0 Å². The first kappa shape index (κ1) is 13.2. The molecule has 0 N–H and O–H groups in total. The zero-order valence-electron chi connectivity index (χ0n) is 10.4. The van der Waals surface area contributed by atoms with Crippen LogP contribution in [0.3, 0.4) is 0 Å². The number of esters is 2. The molecule has 0 bridgehead atoms. The summed E-state index contributed by atoms with van der Waals surface area (Å²) in [6.45, 7) is 6.62. The highest BCUT2D eigenvalue weighted by Gasteiger charge is 2.46. The van der Waals surface area contributed by atoms with Crippen LogP contribution < -0.4 is 0 Å². The second-order valence-corrected chi connectivity index (χ2v) is 11.1. The molecule has 0 saturated heterocycles. The van der Waals surface area contributed by atoms with Crippen molar-refractivity contribution in [3.63, 3.8) is 0 Å². The third-order valence-corrected chi connectivity index (χ3v) is 4.41. The maximum atomic E-state index is 11.5. The van der Waals surface area contributed by atoms with Crippen molar-refractivity contribution in [3.05, 3.63) is 0 Å². The minimum absolute atomic E-state index is 0.0244. The molecule has 0 radical (unpaired) electrons. The highest BCUT2D eigenvalue weighted by atomic mass is 28.3. The molecule has 0 aliphatic heterocycles. The maximum absolute atomic E-state index is 11.5. The van der Waals surface area contributed by atoms with Crippen molar-refractivity contribution in [2.24, 2.45) is 11.8 Å². The molecular weight excluding hydrogens is 224 g/mol. The van der Waals surface area contributed by atoms with Crippen LogP contribution >= 0.6 is 0 Å². The first-order valence-electron chi connectivity index (χ1n) is 5.57. The lowest BCUT2D eigenvalue weighted by Gasteiger charge is -2.14. The van der Waals surface area contributed by atoms with Crippen molar-refractivity contribution in [2.75, 3.05) is 13.7 Å². The van der Waals surface area contributed by atoms with E-state index >= 15 is 0 Å². The second kappa shape index (κ2) is 4.99. The number of ether oxygens (including phenoxy) is 2. The number of hydrogen-bond donors (Lipinski definition) is 0. The van der Waals surface area contributed by atoms with E-state index < -0.39 is 14.0 Å². The van der Waals surface area contributed by atoms with Gasteiger partial charge >= 0.3 is 11.9 Å². The van der Waals surface area contributed by atoms with Crippen LogP contribution in [0.4, 0.5) is 0 Å². The molecule has 1 aliphatic rings. The third kappa shape index (κ3) is 4.34. The number of methoxy groups -OCH3 is 1. The number of hydrogen-bond acceptors (Lipinski definition) is 4. The zero-order chi connectivity index (χ0) is 12.3. The molecule has 1 aliphatic carbocycles. The van der Waals surface area contributed by atoms with Gasteiger partial charge in [0.05, 0.1) is 13.0 Å². The molecular formula is C11H20O4Si. The predicted molar refractivity (Wildman–Crippen MR) is 62.7 cm³/mol. The molecule has 1 fully saturated rings. The molecule has 4 nitrogen and oxygen atoms in total. The molecule has 0 aromatic rings. The van der Waals surface area contributed by atoms with Crippen LogP contribution in [-0.2, 0) is 19.1 Å². The van der Waals surface area contributed by atoms with Gasteiger partial charge in [0, 0.05) is 8.07 Å². The largest absolute Gasteiger partial charge is 0.466 e. The Bertz CT molecular complexity index is 282. The summed E-state index contributed by atoms with van der Waals surface area (Å²) in [7, 11) is 0.183. The van der Waals surface area contributed by atoms with Crippen molar-refractivity contribution >= 4 is 20.0 Å². The van der Waals surface area contributed by atoms with Crippen LogP contribution in [0, 0.1) is 11.8 Å². The van der Waals surface area contributed by atoms with E-state index in [0.717, 1.165) is 12.5 Å². The highest BCUT2D eigenvalue weighted by Crippen LogP contribution is 2.45. The number of carbonyl (C=O) groups is 2. The summed E-state index contributed by atoms with van der Waals surface area (Å²) in [5.74, 6) is -0.238. The summed E-state index contributed by atoms with van der Waals surface area (Å²) in [5, 5.41) is 0. The van der Waals surface area contributed by atoms with Crippen LogP contribution in [0.15, 0.2) is 0 Å². The van der Waals surface area contributed by atoms with Crippen LogP contribution in [0.1, 0.15) is 6.42 Å². The van der Waals surface area contributed by atoms with E-state index in [1.165, 1.54) is 7.11 Å². The summed E-state index contributed by atoms with van der Waals surface area (Å²) < 4.78 is 9.26. The number of rotatable bonds is 5. The van der Waals surface area contributed by atoms with Gasteiger partial charge in [-0.1, -0.05) is 25.7 Å². The summed E-state index contributed by atoms with van der Waals surface area (Å²) in [4.78, 5) is 22.3. The van der Waals surface area contributed by atoms with Gasteiger partial charge in [0.1, 0.15) is 0 Å². The smallest absolute Gasteiger partial charge is 0.344 e. The van der Waals surface area contributed by atoms with Gasteiger partial charge in [-0.25, -0.2) is 4.79 Å². The van der Waals surface area contributed by atoms with E-state index in [0.29, 0.717) is 5.92 Å². The fourth-order valence-corrected chi connectivity index (χ4v) is 3.87. The van der Waals surface area contributed by atoms with Crippen LogP contribution in [0.25, 0.3) is 0 Å². The summed E-state index contributed by atoms with van der Waals surface area (Å²) in [5.41, 5.74) is 0. The van der Waals surface area contributed by atoms with Crippen molar-refractivity contribution < 1.29 is 19.1 Å². The SMILES string of the molecule is COC(=O)COC(=O)C1CC1C[Si](C)(C)C. The normalized spacial score (nSPS) is 23.8. The standard InChI is InChI=1S/C11H20O4Si/c1-14-10(12)6-15-11(13)9-5-8(9)7-16(2,3)4/h8-9H,5-7H2,1-4H3. The monoisotopic (exact) mass is 244 g/mol. The predicted octanol–water partition coefficient (Wildman–Crippen LogP) is 1.68. The molecule has 5 heteroatoms. The van der Waals surface area contributed by atoms with Gasteiger partial charge < -0.3 is 9.47 Å². The number of carbonyl (C=O) groups excluding carboxylic acids is 2. The van der Waals surface area contributed by atoms with Gasteiger partial charge in [-0.2, -0.15) is 0 Å². The minimum atomic E-state index is -1.10. The van der Waals surface area contributed by atoms with Crippen molar-refractivity contribution in [2.45, 2.75) is 32.1 Å². The minimum Gasteiger partial charge on any atom is -0.466 e. The van der Waals surface area contributed by atoms with Gasteiger partial charge in [0.25, 0.3) is 0 Å². The first-order chi connectivity index (χ1) is 7.33. The van der Waals surface area contributed by atoms with Gasteiger partial charge in [0.15, 0.2) is 6.61 Å². The Morgan fingerprint density at radius 3 is 2.44 bits per heavy atom. The Balaban J connectivity index is 2.24. The lowest BCUT2D eigenvalue weighted by atomic mass is 10.3. The molecule has 1 rings (SSSR count). The van der Waals surface area contributed by atoms with Crippen LogP contribution in [0.2, 0.25) is 25.7 Å². The second-order valence-electron chi connectivity index (χ2n) is 5.55. The Kier molecular flexibility index (Phi) is 4.13. The Hall–Kier alpha value is -0.843. The molecule has 0 spiro atoms. The average Bonchev–Trinajstić information content (AvgIpc) is 2.90. The maximum Gasteiger partial charge on any atom is 0.344 e. The van der Waals surface area contributed by atoms with Gasteiger partial charge in [0.2, 0.25) is 0 Å². The van der Waals surface area contributed by atoms with Gasteiger partial charge in [-0.15, -0.1) is 0 Å². The van der Waals surface area contributed by atoms with E-state index in [2.05, 4.69) is 24.4 Å². The summed E-state index contributed by atoms with van der Waals surface area (Å²) in [6.07, 6.45) is 0.921. The van der Waals surface area contributed by atoms with E-state index in [1.54, 1.807) is 0 Å². The van der Waals surface area contributed by atoms with Crippen LogP contribution in [0.5, 0.6) is 0 Å². The van der Waals surface area contributed by atoms with E-state index in [1.807, 2.05) is 0 Å². The molecule has 0 amide bonds. The Morgan fingerprint density at radius 2 is 1.94 bits per heavy atom. The zero-order valence-corrected chi connectivity index (χ0v) is 11.4. The fourth-order valence-electron chi connectivity index (χ4n) is 1.84. The molecule has 0 aromatic carbocycles. The molecule has 1 saturated carbocycles. The fraction of sp³-hybridized carbons (Fsp3) is 0.818. The average molecular weight is 244 g/mol. The highest BCUT2D eigenvalue weighted by molar-refractivity contribution is 6.76. The topological polar surface area (TPSA) is 52.6 Å². The Labute approximate surface area is 97.3 Å². The lowest BCUT2D eigenvalue weighted by Crippen LogP contribution is -2.22. The third-order valence-electron chi connectivity index (χ3n) is 2.66. The van der Waals surface area contributed by atoms with Crippen molar-refractivity contribution in [1.29, 1.82) is 0 Å². The molecule has 2 unspecified atom stereocenters. The molecule has 2 atom stereocenters. The van der Waals surface area contributed by atoms with Gasteiger partial charge in [-0.3, -0.25) is 4.79 Å². The molecule has 16 heavy (non-hydrogen) atoms. The van der Waals surface area contributed by atoms with E-state index in [9.17, 15) is 9.59 Å². The molecule has 0 heterocycles. The van der Waals surface area contributed by atoms with Crippen LogP contribution in [-0.4, -0.2) is 33.7 Å². The summed E-state index contributed by atoms with van der Waals surface area (Å²) in [6, 6.07) is 1.16. The Morgan fingerprint density at radius 1 is 1.31 bits per heavy atom. The molecule has 0 aromatic heterocycles. The summed E-state index contributed by atoms with van der Waals surface area (Å²) >= 11 is 0. The van der Waals surface area contributed by atoms with E-state index in [4.69, 9.17) is 4.74 Å². The quantitative estimate of drug-likeness (QED) is 0.545. The van der Waals surface area contributed by atoms with E-state index in [-0.39, 0.29) is 18.5 Å².